The molecule has 4 nitrogen and oxygen atoms in total. The summed E-state index contributed by atoms with van der Waals surface area (Å²) < 4.78 is 14.0. The van der Waals surface area contributed by atoms with E-state index in [1.165, 1.54) is 16.8 Å². The van der Waals surface area contributed by atoms with Crippen molar-refractivity contribution in [2.24, 2.45) is 0 Å². The van der Waals surface area contributed by atoms with Gasteiger partial charge in [0.1, 0.15) is 11.2 Å². The molecule has 2 aliphatic rings. The van der Waals surface area contributed by atoms with Gasteiger partial charge in [0.05, 0.1) is 6.54 Å². The Kier molecular flexibility index (Phi) is 6.51. The number of likely N-dealkylation sites (N-methyl/N-ethyl adjacent to an activating group) is 1. The van der Waals surface area contributed by atoms with Crippen LogP contribution in [0, 0.1) is 0 Å². The van der Waals surface area contributed by atoms with E-state index < -0.39 is 6.17 Å². The highest BCUT2D eigenvalue weighted by atomic mass is 35.5. The number of aromatic nitrogens is 1. The molecular weight excluding hydrogens is 371 g/mol. The normalized spacial score (nSPS) is 22.3. The molecule has 3 heterocycles. The third-order valence-electron chi connectivity index (χ3n) is 5.19. The van der Waals surface area contributed by atoms with Crippen molar-refractivity contribution in [3.63, 3.8) is 0 Å². The Morgan fingerprint density at radius 3 is 3.12 bits per heavy atom. The SMILES string of the molecule is CN(Cc1cccc2c1NCC2)C[C@@H]1C[C@H](F)CN1Cc1nccs1.Cl. The lowest BCUT2D eigenvalue weighted by Gasteiger charge is -2.28. The number of likely N-dealkylation sites (tertiary alicyclic amines) is 1. The van der Waals surface area contributed by atoms with Crippen LogP contribution in [-0.4, -0.2) is 53.7 Å². The third kappa shape index (κ3) is 4.36. The number of para-hydroxylation sites is 1. The molecule has 4 rings (SSSR count). The van der Waals surface area contributed by atoms with Gasteiger partial charge in [0.2, 0.25) is 0 Å². The molecule has 2 aliphatic heterocycles. The molecule has 1 saturated heterocycles. The lowest BCUT2D eigenvalue weighted by Crippen LogP contribution is -2.38. The van der Waals surface area contributed by atoms with Crippen molar-refractivity contribution in [3.8, 4) is 0 Å². The average Bonchev–Trinajstić information content (AvgIpc) is 3.30. The summed E-state index contributed by atoms with van der Waals surface area (Å²) >= 11 is 1.65. The van der Waals surface area contributed by atoms with Gasteiger partial charge in [-0.2, -0.15) is 0 Å². The number of thiazole rings is 1. The lowest BCUT2D eigenvalue weighted by atomic mass is 10.1. The summed E-state index contributed by atoms with van der Waals surface area (Å²) in [5, 5.41) is 6.57. The first kappa shape index (κ1) is 19.5. The zero-order valence-corrected chi connectivity index (χ0v) is 16.7. The Balaban J connectivity index is 0.00000196. The molecule has 0 spiro atoms. The molecule has 26 heavy (non-hydrogen) atoms. The first-order valence-corrected chi connectivity index (χ1v) is 9.86. The van der Waals surface area contributed by atoms with Gasteiger partial charge in [0.25, 0.3) is 0 Å². The molecule has 2 aromatic rings. The van der Waals surface area contributed by atoms with E-state index in [0.717, 1.165) is 37.6 Å². The second-order valence-electron chi connectivity index (χ2n) is 7.17. The minimum absolute atomic E-state index is 0. The number of anilines is 1. The molecule has 0 unspecified atom stereocenters. The van der Waals surface area contributed by atoms with Gasteiger partial charge in [-0.15, -0.1) is 23.7 Å². The Morgan fingerprint density at radius 2 is 2.31 bits per heavy atom. The topological polar surface area (TPSA) is 31.4 Å². The summed E-state index contributed by atoms with van der Waals surface area (Å²) in [6.07, 6.45) is 2.84. The molecule has 0 bridgehead atoms. The van der Waals surface area contributed by atoms with Crippen molar-refractivity contribution in [1.82, 2.24) is 14.8 Å². The van der Waals surface area contributed by atoms with Gasteiger partial charge in [0, 0.05) is 49.5 Å². The first-order chi connectivity index (χ1) is 12.2. The van der Waals surface area contributed by atoms with E-state index in [2.05, 4.69) is 45.3 Å². The maximum absolute atomic E-state index is 14.0. The van der Waals surface area contributed by atoms with Crippen LogP contribution in [0.2, 0.25) is 0 Å². The Labute approximate surface area is 164 Å². The van der Waals surface area contributed by atoms with E-state index in [1.54, 1.807) is 11.3 Å². The molecular formula is C19H26ClFN4S. The molecule has 142 valence electrons. The van der Waals surface area contributed by atoms with Crippen LogP contribution in [0.15, 0.2) is 29.8 Å². The van der Waals surface area contributed by atoms with Crippen molar-refractivity contribution in [3.05, 3.63) is 45.9 Å². The van der Waals surface area contributed by atoms with Crippen LogP contribution >= 0.6 is 23.7 Å². The fraction of sp³-hybridized carbons (Fsp3) is 0.526. The molecule has 1 N–H and O–H groups in total. The first-order valence-electron chi connectivity index (χ1n) is 8.98. The molecule has 1 aromatic heterocycles. The monoisotopic (exact) mass is 396 g/mol. The minimum Gasteiger partial charge on any atom is -0.384 e. The summed E-state index contributed by atoms with van der Waals surface area (Å²) in [7, 11) is 2.14. The van der Waals surface area contributed by atoms with Gasteiger partial charge >= 0.3 is 0 Å². The molecule has 2 atom stereocenters. The van der Waals surface area contributed by atoms with Crippen molar-refractivity contribution in [2.45, 2.75) is 38.1 Å². The molecule has 1 fully saturated rings. The molecule has 7 heteroatoms. The van der Waals surface area contributed by atoms with Crippen LogP contribution in [0.25, 0.3) is 0 Å². The van der Waals surface area contributed by atoms with Crippen LogP contribution in [0.3, 0.4) is 0 Å². The van der Waals surface area contributed by atoms with Gasteiger partial charge in [0.15, 0.2) is 0 Å². The van der Waals surface area contributed by atoms with E-state index in [1.807, 2.05) is 11.6 Å². The highest BCUT2D eigenvalue weighted by molar-refractivity contribution is 7.09. The number of nitrogens with zero attached hydrogens (tertiary/aromatic N) is 3. The quantitative estimate of drug-likeness (QED) is 0.808. The number of fused-ring (bicyclic) bond motifs is 1. The number of hydrogen-bond acceptors (Lipinski definition) is 5. The number of benzene rings is 1. The maximum atomic E-state index is 14.0. The Morgan fingerprint density at radius 1 is 1.42 bits per heavy atom. The van der Waals surface area contributed by atoms with E-state index in [0.29, 0.717) is 13.0 Å². The van der Waals surface area contributed by atoms with Gasteiger partial charge in [-0.3, -0.25) is 4.90 Å². The summed E-state index contributed by atoms with van der Waals surface area (Å²) in [4.78, 5) is 8.94. The number of rotatable bonds is 6. The second kappa shape index (κ2) is 8.65. The number of alkyl halides is 1. The van der Waals surface area contributed by atoms with Crippen LogP contribution in [0.5, 0.6) is 0 Å². The van der Waals surface area contributed by atoms with E-state index in [9.17, 15) is 4.39 Å². The standard InChI is InChI=1S/C19H25FN4S.ClH/c1-23(10-15-4-2-3-14-5-6-22-19(14)15)12-17-9-16(20)11-24(17)13-18-21-7-8-25-18;/h2-4,7-8,16-17,22H,5-6,9-13H2,1H3;1H/t16-,17-;/m0./s1. The fourth-order valence-corrected chi connectivity index (χ4v) is 4.71. The number of halogens is 2. The van der Waals surface area contributed by atoms with Crippen LogP contribution in [-0.2, 0) is 19.5 Å². The van der Waals surface area contributed by atoms with Crippen LogP contribution in [0.4, 0.5) is 10.1 Å². The molecule has 0 saturated carbocycles. The zero-order valence-electron chi connectivity index (χ0n) is 15.0. The highest BCUT2D eigenvalue weighted by Gasteiger charge is 2.33. The average molecular weight is 397 g/mol. The molecule has 0 radical (unpaired) electrons. The maximum Gasteiger partial charge on any atom is 0.114 e. The Bertz CT molecular complexity index is 712. The summed E-state index contributed by atoms with van der Waals surface area (Å²) in [5.41, 5.74) is 4.07. The lowest BCUT2D eigenvalue weighted by molar-refractivity contribution is 0.180. The van der Waals surface area contributed by atoms with E-state index >= 15 is 0 Å². The van der Waals surface area contributed by atoms with Crippen molar-refractivity contribution in [2.75, 3.05) is 32.0 Å². The molecule has 0 amide bonds. The van der Waals surface area contributed by atoms with Gasteiger partial charge < -0.3 is 10.2 Å². The highest BCUT2D eigenvalue weighted by Crippen LogP contribution is 2.28. The Hall–Kier alpha value is -1.21. The minimum atomic E-state index is -0.721. The largest absolute Gasteiger partial charge is 0.384 e. The van der Waals surface area contributed by atoms with Crippen molar-refractivity contribution in [1.29, 1.82) is 0 Å². The zero-order chi connectivity index (χ0) is 17.2. The molecule has 1 aromatic carbocycles. The fourth-order valence-electron chi connectivity index (χ4n) is 4.07. The number of nitrogens with one attached hydrogen (secondary N) is 1. The summed E-state index contributed by atoms with van der Waals surface area (Å²) in [6.45, 7) is 4.10. The molecule has 0 aliphatic carbocycles. The number of hydrogen-bond donors (Lipinski definition) is 1. The van der Waals surface area contributed by atoms with E-state index in [4.69, 9.17) is 0 Å². The smallest absolute Gasteiger partial charge is 0.114 e. The van der Waals surface area contributed by atoms with Gasteiger partial charge in [-0.05, 0) is 31.0 Å². The summed E-state index contributed by atoms with van der Waals surface area (Å²) in [5.74, 6) is 0. The van der Waals surface area contributed by atoms with Gasteiger partial charge in [-0.1, -0.05) is 18.2 Å². The third-order valence-corrected chi connectivity index (χ3v) is 5.96. The van der Waals surface area contributed by atoms with Crippen LogP contribution in [0.1, 0.15) is 22.6 Å². The summed E-state index contributed by atoms with van der Waals surface area (Å²) in [6, 6.07) is 6.82. The van der Waals surface area contributed by atoms with Crippen LogP contribution < -0.4 is 5.32 Å². The van der Waals surface area contributed by atoms with Crippen molar-refractivity contribution < 1.29 is 4.39 Å². The predicted molar refractivity (Wildman–Crippen MR) is 108 cm³/mol. The van der Waals surface area contributed by atoms with Crippen molar-refractivity contribution >= 4 is 29.4 Å². The second-order valence-corrected chi connectivity index (χ2v) is 8.15. The van der Waals surface area contributed by atoms with Gasteiger partial charge in [-0.25, -0.2) is 9.37 Å². The van der Waals surface area contributed by atoms with E-state index in [-0.39, 0.29) is 18.4 Å². The predicted octanol–water partition coefficient (Wildman–Crippen LogP) is 3.58.